The average Bonchev–Trinajstić information content (AvgIpc) is 3.23. The summed E-state index contributed by atoms with van der Waals surface area (Å²) in [5.74, 6) is 0.690. The fourth-order valence-corrected chi connectivity index (χ4v) is 3.84. The first kappa shape index (κ1) is 19.3. The summed E-state index contributed by atoms with van der Waals surface area (Å²) in [6.07, 6.45) is 8.22. The minimum Gasteiger partial charge on any atom is -0.334 e. The number of nitrogens with one attached hydrogen (secondary N) is 1. The molecule has 3 aromatic rings. The maximum atomic E-state index is 12.8. The molecule has 1 aliphatic rings. The minimum atomic E-state index is 0.0314. The number of benzene rings is 1. The van der Waals surface area contributed by atoms with Crippen LogP contribution in [0.3, 0.4) is 0 Å². The van der Waals surface area contributed by atoms with Gasteiger partial charge in [0.25, 0.3) is 0 Å². The fraction of sp³-hybridized carbons (Fsp3) is 0.273. The normalized spacial score (nSPS) is 16.0. The molecule has 7 heteroatoms. The van der Waals surface area contributed by atoms with Crippen molar-refractivity contribution in [1.82, 2.24) is 19.9 Å². The van der Waals surface area contributed by atoms with Gasteiger partial charge in [-0.1, -0.05) is 23.7 Å². The van der Waals surface area contributed by atoms with Gasteiger partial charge in [-0.25, -0.2) is 9.97 Å². The summed E-state index contributed by atoms with van der Waals surface area (Å²) < 4.78 is 0. The molecule has 6 nitrogen and oxygen atoms in total. The van der Waals surface area contributed by atoms with E-state index < -0.39 is 0 Å². The Bertz CT molecular complexity index is 964. The van der Waals surface area contributed by atoms with Crippen molar-refractivity contribution in [3.8, 4) is 0 Å². The molecular formula is C22H22ClN5O. The predicted molar refractivity (Wildman–Crippen MR) is 113 cm³/mol. The number of hydrogen-bond donors (Lipinski definition) is 1. The number of hydrogen-bond acceptors (Lipinski definition) is 5. The largest absolute Gasteiger partial charge is 0.334 e. The van der Waals surface area contributed by atoms with Crippen molar-refractivity contribution >= 4 is 29.1 Å². The molecule has 1 N–H and O–H groups in total. The quantitative estimate of drug-likeness (QED) is 0.648. The molecule has 0 saturated carbocycles. The van der Waals surface area contributed by atoms with E-state index in [1.54, 1.807) is 24.7 Å². The van der Waals surface area contributed by atoms with Gasteiger partial charge in [-0.3, -0.25) is 9.78 Å². The summed E-state index contributed by atoms with van der Waals surface area (Å²) >= 11 is 6.04. The lowest BCUT2D eigenvalue weighted by atomic mass is 10.1. The van der Waals surface area contributed by atoms with Gasteiger partial charge in [0.1, 0.15) is 0 Å². The van der Waals surface area contributed by atoms with Gasteiger partial charge in [0.2, 0.25) is 11.9 Å². The van der Waals surface area contributed by atoms with Gasteiger partial charge < -0.3 is 10.2 Å². The maximum absolute atomic E-state index is 12.8. The zero-order chi connectivity index (χ0) is 20.1. The summed E-state index contributed by atoms with van der Waals surface area (Å²) in [5.41, 5.74) is 2.81. The van der Waals surface area contributed by atoms with Crippen molar-refractivity contribution < 1.29 is 4.79 Å². The number of anilines is 2. The van der Waals surface area contributed by atoms with E-state index in [4.69, 9.17) is 11.6 Å². The third kappa shape index (κ3) is 4.90. The molecule has 3 heterocycles. The molecular weight excluding hydrogens is 386 g/mol. The maximum Gasteiger partial charge on any atom is 0.227 e. The standard InChI is InChI=1S/C22H22ClN5O/c23-17-5-1-4-16(14-17)7-10-21(29)28-13-2-6-20(28)19-9-8-18(15-26-19)27-22-24-11-3-12-25-22/h1,3-5,8-9,11-12,14-15,20H,2,6-7,10,13H2,(H,24,25,27)/t20-/m1/s1. The highest BCUT2D eigenvalue weighted by Gasteiger charge is 2.30. The molecule has 1 saturated heterocycles. The summed E-state index contributed by atoms with van der Waals surface area (Å²) in [5, 5.41) is 3.82. The van der Waals surface area contributed by atoms with E-state index in [-0.39, 0.29) is 11.9 Å². The number of amides is 1. The van der Waals surface area contributed by atoms with Crippen molar-refractivity contribution in [2.45, 2.75) is 31.7 Å². The Morgan fingerprint density at radius 2 is 2.00 bits per heavy atom. The van der Waals surface area contributed by atoms with Crippen molar-refractivity contribution in [2.75, 3.05) is 11.9 Å². The molecule has 1 atom stereocenters. The minimum absolute atomic E-state index is 0.0314. The number of pyridine rings is 1. The van der Waals surface area contributed by atoms with Crippen LogP contribution in [-0.2, 0) is 11.2 Å². The van der Waals surface area contributed by atoms with Crippen LogP contribution >= 0.6 is 11.6 Å². The van der Waals surface area contributed by atoms with E-state index in [0.29, 0.717) is 23.8 Å². The van der Waals surface area contributed by atoms with Gasteiger partial charge in [-0.2, -0.15) is 0 Å². The van der Waals surface area contributed by atoms with E-state index in [1.807, 2.05) is 41.3 Å². The number of nitrogens with zero attached hydrogens (tertiary/aromatic N) is 4. The molecule has 0 spiro atoms. The van der Waals surface area contributed by atoms with Crippen molar-refractivity contribution in [1.29, 1.82) is 0 Å². The molecule has 4 rings (SSSR count). The second-order valence-corrected chi connectivity index (χ2v) is 7.48. The van der Waals surface area contributed by atoms with Gasteiger partial charge in [-0.05, 0) is 55.2 Å². The molecule has 1 amide bonds. The Morgan fingerprint density at radius 1 is 1.14 bits per heavy atom. The van der Waals surface area contributed by atoms with E-state index in [1.165, 1.54) is 0 Å². The Kier molecular flexibility index (Phi) is 6.00. The van der Waals surface area contributed by atoms with Gasteiger partial charge in [0.05, 0.1) is 23.6 Å². The number of aryl methyl sites for hydroxylation is 1. The van der Waals surface area contributed by atoms with Crippen molar-refractivity contribution in [3.05, 3.63) is 77.3 Å². The highest BCUT2D eigenvalue weighted by atomic mass is 35.5. The second-order valence-electron chi connectivity index (χ2n) is 7.04. The monoisotopic (exact) mass is 407 g/mol. The highest BCUT2D eigenvalue weighted by Crippen LogP contribution is 2.32. The van der Waals surface area contributed by atoms with Crippen LogP contribution < -0.4 is 5.32 Å². The van der Waals surface area contributed by atoms with Crippen LogP contribution in [0.25, 0.3) is 0 Å². The molecule has 1 aromatic carbocycles. The number of carbonyl (C=O) groups excluding carboxylic acids is 1. The Hall–Kier alpha value is -2.99. The topological polar surface area (TPSA) is 71.0 Å². The number of rotatable bonds is 6. The zero-order valence-corrected chi connectivity index (χ0v) is 16.7. The molecule has 1 fully saturated rings. The fourth-order valence-electron chi connectivity index (χ4n) is 3.63. The van der Waals surface area contributed by atoms with Crippen LogP contribution in [0.15, 0.2) is 61.1 Å². The first-order valence-electron chi connectivity index (χ1n) is 9.73. The van der Waals surface area contributed by atoms with Crippen LogP contribution in [0.2, 0.25) is 5.02 Å². The first-order valence-corrected chi connectivity index (χ1v) is 10.1. The van der Waals surface area contributed by atoms with E-state index in [0.717, 1.165) is 36.3 Å². The molecule has 0 aliphatic carbocycles. The summed E-state index contributed by atoms with van der Waals surface area (Å²) in [6, 6.07) is 13.4. The van der Waals surface area contributed by atoms with Crippen LogP contribution in [0.4, 0.5) is 11.6 Å². The predicted octanol–water partition coefficient (Wildman–Crippen LogP) is 4.56. The van der Waals surface area contributed by atoms with Gasteiger partial charge >= 0.3 is 0 Å². The number of aromatic nitrogens is 3. The molecule has 0 unspecified atom stereocenters. The summed E-state index contributed by atoms with van der Waals surface area (Å²) in [6.45, 7) is 0.776. The summed E-state index contributed by atoms with van der Waals surface area (Å²) in [7, 11) is 0. The smallest absolute Gasteiger partial charge is 0.227 e. The Labute approximate surface area is 175 Å². The van der Waals surface area contributed by atoms with Gasteiger partial charge in [0.15, 0.2) is 0 Å². The second kappa shape index (κ2) is 9.01. The molecule has 2 aromatic heterocycles. The molecule has 148 valence electrons. The highest BCUT2D eigenvalue weighted by molar-refractivity contribution is 6.30. The Balaban J connectivity index is 1.39. The van der Waals surface area contributed by atoms with Crippen LogP contribution in [0.1, 0.15) is 36.6 Å². The lowest BCUT2D eigenvalue weighted by molar-refractivity contribution is -0.132. The third-order valence-corrected chi connectivity index (χ3v) is 5.27. The zero-order valence-electron chi connectivity index (χ0n) is 16.0. The molecule has 29 heavy (non-hydrogen) atoms. The van der Waals surface area contributed by atoms with E-state index in [9.17, 15) is 4.79 Å². The van der Waals surface area contributed by atoms with Crippen molar-refractivity contribution in [2.24, 2.45) is 0 Å². The van der Waals surface area contributed by atoms with Crippen LogP contribution in [0.5, 0.6) is 0 Å². The van der Waals surface area contributed by atoms with Gasteiger partial charge in [-0.15, -0.1) is 0 Å². The number of carbonyl (C=O) groups is 1. The third-order valence-electron chi connectivity index (χ3n) is 5.04. The SMILES string of the molecule is O=C(CCc1cccc(Cl)c1)N1CCC[C@@H]1c1ccc(Nc2ncccn2)cn1. The van der Waals surface area contributed by atoms with E-state index in [2.05, 4.69) is 20.3 Å². The van der Waals surface area contributed by atoms with Crippen LogP contribution in [0, 0.1) is 0 Å². The van der Waals surface area contributed by atoms with Gasteiger partial charge in [0, 0.05) is 30.4 Å². The summed E-state index contributed by atoms with van der Waals surface area (Å²) in [4.78, 5) is 27.7. The van der Waals surface area contributed by atoms with E-state index >= 15 is 0 Å². The van der Waals surface area contributed by atoms with Crippen LogP contribution in [-0.4, -0.2) is 32.3 Å². The Morgan fingerprint density at radius 3 is 2.76 bits per heavy atom. The number of halogens is 1. The lowest BCUT2D eigenvalue weighted by Crippen LogP contribution is -2.31. The number of likely N-dealkylation sites (tertiary alicyclic amines) is 1. The average molecular weight is 408 g/mol. The lowest BCUT2D eigenvalue weighted by Gasteiger charge is -2.24. The molecule has 1 aliphatic heterocycles. The van der Waals surface area contributed by atoms with Crippen molar-refractivity contribution in [3.63, 3.8) is 0 Å². The molecule has 0 bridgehead atoms. The molecule has 0 radical (unpaired) electrons. The first-order chi connectivity index (χ1) is 14.2.